The normalized spacial score (nSPS) is 11.4. The highest BCUT2D eigenvalue weighted by molar-refractivity contribution is 6.60. The van der Waals surface area contributed by atoms with E-state index in [9.17, 15) is 0 Å². The number of allylic oxidation sites excluding steroid dienone is 1. The molecule has 0 aliphatic carbocycles. The van der Waals surface area contributed by atoms with E-state index in [1.165, 1.54) is 0 Å². The molecule has 0 aromatic rings. The molecule has 78 valence electrons. The van der Waals surface area contributed by atoms with Gasteiger partial charge < -0.3 is 18.0 Å². The molecule has 13 heavy (non-hydrogen) atoms. The minimum absolute atomic E-state index is 0.511. The molecule has 0 atom stereocenters. The molecule has 0 spiro atoms. The Morgan fingerprint density at radius 1 is 1.15 bits per heavy atom. The smallest absolute Gasteiger partial charge is 0.499 e. The molecule has 0 aromatic carbocycles. The second-order valence-corrected chi connectivity index (χ2v) is 5.69. The van der Waals surface area contributed by atoms with Crippen molar-refractivity contribution < 1.29 is 18.0 Å². The summed E-state index contributed by atoms with van der Waals surface area (Å²) in [5.74, 6) is 0.686. The Kier molecular flexibility index (Phi) is 5.97. The van der Waals surface area contributed by atoms with Gasteiger partial charge in [0.05, 0.1) is 18.4 Å². The van der Waals surface area contributed by atoms with Crippen molar-refractivity contribution in [2.24, 2.45) is 0 Å². The van der Waals surface area contributed by atoms with Crippen LogP contribution in [0.25, 0.3) is 0 Å². The zero-order chi connectivity index (χ0) is 10.3. The van der Waals surface area contributed by atoms with E-state index in [0.717, 1.165) is 0 Å². The Labute approximate surface area is 80.8 Å². The second-order valence-electron chi connectivity index (χ2n) is 2.60. The molecule has 0 radical (unpaired) electrons. The molecule has 0 heterocycles. The number of rotatable bonds is 7. The third-order valence-electron chi connectivity index (χ3n) is 1.69. The fraction of sp³-hybridized carbons (Fsp3) is 0.750. The molecule has 0 aliphatic rings. The van der Waals surface area contributed by atoms with Crippen LogP contribution in [0, 0.1) is 0 Å². The standard InChI is InChI=1S/C8H18O4Si/c1-8(2)12-6-7-13(9-3,10-4)11-5/h1,6-7H2,2-5H3. The molecule has 0 aromatic heterocycles. The zero-order valence-corrected chi connectivity index (χ0v) is 9.75. The summed E-state index contributed by atoms with van der Waals surface area (Å²) in [4.78, 5) is 0. The van der Waals surface area contributed by atoms with Gasteiger partial charge in [0, 0.05) is 21.3 Å². The van der Waals surface area contributed by atoms with Crippen molar-refractivity contribution in [3.8, 4) is 0 Å². The van der Waals surface area contributed by atoms with E-state index in [2.05, 4.69) is 6.58 Å². The van der Waals surface area contributed by atoms with Gasteiger partial charge in [-0.1, -0.05) is 6.58 Å². The molecule has 0 saturated carbocycles. The Balaban J connectivity index is 3.88. The van der Waals surface area contributed by atoms with E-state index < -0.39 is 8.80 Å². The maximum atomic E-state index is 5.20. The largest absolute Gasteiger partial charge is 0.503 e. The quantitative estimate of drug-likeness (QED) is 0.466. The van der Waals surface area contributed by atoms with Crippen molar-refractivity contribution in [1.29, 1.82) is 0 Å². The summed E-state index contributed by atoms with van der Waals surface area (Å²) in [7, 11) is 2.30. The first-order valence-corrected chi connectivity index (χ1v) is 5.97. The third-order valence-corrected chi connectivity index (χ3v) is 4.37. The van der Waals surface area contributed by atoms with Crippen LogP contribution in [0.15, 0.2) is 12.3 Å². The summed E-state index contributed by atoms with van der Waals surface area (Å²) in [6.45, 7) is 5.94. The summed E-state index contributed by atoms with van der Waals surface area (Å²) >= 11 is 0. The van der Waals surface area contributed by atoms with Gasteiger partial charge in [0.2, 0.25) is 0 Å². The molecule has 4 nitrogen and oxygen atoms in total. The van der Waals surface area contributed by atoms with E-state index in [4.69, 9.17) is 18.0 Å². The summed E-state index contributed by atoms with van der Waals surface area (Å²) < 4.78 is 20.8. The molecular formula is C8H18O4Si. The highest BCUT2D eigenvalue weighted by Crippen LogP contribution is 2.12. The van der Waals surface area contributed by atoms with E-state index >= 15 is 0 Å². The lowest BCUT2D eigenvalue weighted by atomic mass is 10.6. The van der Waals surface area contributed by atoms with Gasteiger partial charge in [-0.3, -0.25) is 0 Å². The van der Waals surface area contributed by atoms with Crippen LogP contribution in [-0.4, -0.2) is 36.7 Å². The van der Waals surface area contributed by atoms with Gasteiger partial charge >= 0.3 is 8.80 Å². The van der Waals surface area contributed by atoms with Crippen molar-refractivity contribution in [3.63, 3.8) is 0 Å². The Morgan fingerprint density at radius 2 is 1.62 bits per heavy atom. The van der Waals surface area contributed by atoms with Gasteiger partial charge in [0.25, 0.3) is 0 Å². The van der Waals surface area contributed by atoms with Crippen LogP contribution in [0.5, 0.6) is 0 Å². The van der Waals surface area contributed by atoms with Crippen LogP contribution in [0.2, 0.25) is 6.04 Å². The number of hydrogen-bond donors (Lipinski definition) is 0. The first kappa shape index (κ1) is 12.6. The lowest BCUT2D eigenvalue weighted by Gasteiger charge is -2.24. The summed E-state index contributed by atoms with van der Waals surface area (Å²) in [5.41, 5.74) is 0. The topological polar surface area (TPSA) is 36.9 Å². The number of hydrogen-bond acceptors (Lipinski definition) is 4. The van der Waals surface area contributed by atoms with Crippen molar-refractivity contribution in [1.82, 2.24) is 0 Å². The monoisotopic (exact) mass is 206 g/mol. The molecule has 0 amide bonds. The summed E-state index contributed by atoms with van der Waals surface area (Å²) in [5, 5.41) is 0. The van der Waals surface area contributed by atoms with Crippen LogP contribution in [0.3, 0.4) is 0 Å². The van der Waals surface area contributed by atoms with Crippen LogP contribution >= 0.6 is 0 Å². The van der Waals surface area contributed by atoms with Gasteiger partial charge in [-0.2, -0.15) is 0 Å². The van der Waals surface area contributed by atoms with Gasteiger partial charge in [-0.15, -0.1) is 0 Å². The van der Waals surface area contributed by atoms with Crippen molar-refractivity contribution in [2.75, 3.05) is 27.9 Å². The van der Waals surface area contributed by atoms with E-state index in [0.29, 0.717) is 18.4 Å². The number of ether oxygens (including phenoxy) is 1. The van der Waals surface area contributed by atoms with E-state index in [1.807, 2.05) is 0 Å². The molecule has 0 bridgehead atoms. The Hall–Kier alpha value is -0.363. The molecule has 0 saturated heterocycles. The van der Waals surface area contributed by atoms with Gasteiger partial charge in [-0.25, -0.2) is 0 Å². The second kappa shape index (κ2) is 6.15. The van der Waals surface area contributed by atoms with E-state index in [-0.39, 0.29) is 0 Å². The average molecular weight is 206 g/mol. The van der Waals surface area contributed by atoms with Crippen LogP contribution in [0.1, 0.15) is 6.92 Å². The lowest BCUT2D eigenvalue weighted by Crippen LogP contribution is -2.43. The first-order chi connectivity index (χ1) is 6.10. The van der Waals surface area contributed by atoms with Gasteiger partial charge in [-0.05, 0) is 6.92 Å². The minimum atomic E-state index is -2.45. The highest BCUT2D eigenvalue weighted by Gasteiger charge is 2.37. The van der Waals surface area contributed by atoms with Crippen LogP contribution in [0.4, 0.5) is 0 Å². The molecule has 5 heteroatoms. The molecule has 0 N–H and O–H groups in total. The van der Waals surface area contributed by atoms with Crippen LogP contribution < -0.4 is 0 Å². The minimum Gasteiger partial charge on any atom is -0.499 e. The molecule has 0 unspecified atom stereocenters. The third kappa shape index (κ3) is 4.42. The Morgan fingerprint density at radius 3 is 1.92 bits per heavy atom. The maximum absolute atomic E-state index is 5.20. The summed E-state index contributed by atoms with van der Waals surface area (Å²) in [6, 6.07) is 0.628. The van der Waals surface area contributed by atoms with Crippen molar-refractivity contribution in [3.05, 3.63) is 12.3 Å². The predicted molar refractivity (Wildman–Crippen MR) is 52.4 cm³/mol. The molecule has 0 rings (SSSR count). The zero-order valence-electron chi connectivity index (χ0n) is 8.75. The average Bonchev–Trinajstić information content (AvgIpc) is 2.13. The molecular weight excluding hydrogens is 188 g/mol. The van der Waals surface area contributed by atoms with Gasteiger partial charge in [0.1, 0.15) is 0 Å². The van der Waals surface area contributed by atoms with Crippen LogP contribution in [-0.2, 0) is 18.0 Å². The highest BCUT2D eigenvalue weighted by atomic mass is 28.4. The van der Waals surface area contributed by atoms with E-state index in [1.54, 1.807) is 28.3 Å². The molecule has 0 fully saturated rings. The Bertz CT molecular complexity index is 148. The lowest BCUT2D eigenvalue weighted by molar-refractivity contribution is 0.111. The van der Waals surface area contributed by atoms with Crippen molar-refractivity contribution >= 4 is 8.80 Å². The fourth-order valence-electron chi connectivity index (χ4n) is 0.906. The fourth-order valence-corrected chi connectivity index (χ4v) is 2.37. The van der Waals surface area contributed by atoms with Crippen molar-refractivity contribution in [2.45, 2.75) is 13.0 Å². The summed E-state index contributed by atoms with van der Waals surface area (Å²) in [6.07, 6.45) is 0. The SMILES string of the molecule is C=C(C)OCC[Si](OC)(OC)OC. The maximum Gasteiger partial charge on any atom is 0.503 e. The van der Waals surface area contributed by atoms with Gasteiger partial charge in [0.15, 0.2) is 0 Å². The molecule has 0 aliphatic heterocycles. The predicted octanol–water partition coefficient (Wildman–Crippen LogP) is 1.41. The first-order valence-electron chi connectivity index (χ1n) is 4.04.